The van der Waals surface area contributed by atoms with E-state index in [-0.39, 0.29) is 30.3 Å². The van der Waals surface area contributed by atoms with E-state index < -0.39 is 75.8 Å². The first-order valence-electron chi connectivity index (χ1n) is 18.5. The monoisotopic (exact) mass is 778 g/mol. The van der Waals surface area contributed by atoms with Gasteiger partial charge in [-0.05, 0) is 109 Å². The van der Waals surface area contributed by atoms with Crippen LogP contribution in [-0.4, -0.2) is 74.7 Å². The average molecular weight is 779 g/mol. The van der Waals surface area contributed by atoms with Crippen molar-refractivity contribution in [2.75, 3.05) is 14.2 Å². The van der Waals surface area contributed by atoms with Crippen LogP contribution in [0.15, 0.2) is 24.3 Å². The van der Waals surface area contributed by atoms with Crippen LogP contribution in [0.5, 0.6) is 0 Å². The zero-order valence-electron chi connectivity index (χ0n) is 32.9. The molecule has 0 aromatic carbocycles. The Morgan fingerprint density at radius 3 is 1.83 bits per heavy atom. The summed E-state index contributed by atoms with van der Waals surface area (Å²) in [6, 6.07) is -1.95. The van der Waals surface area contributed by atoms with E-state index >= 15 is 0 Å². The number of rotatable bonds is 18. The van der Waals surface area contributed by atoms with Crippen molar-refractivity contribution in [1.82, 2.24) is 10.2 Å². The number of carbonyl (C=O) groups is 3. The Balaban J connectivity index is 2.60. The topological polar surface area (TPSA) is 174 Å². The fourth-order valence-corrected chi connectivity index (χ4v) is 10.1. The Morgan fingerprint density at radius 2 is 1.35 bits per heavy atom. The van der Waals surface area contributed by atoms with Gasteiger partial charge in [-0.3, -0.25) is 27.7 Å². The van der Waals surface area contributed by atoms with Gasteiger partial charge >= 0.3 is 33.4 Å². The molecule has 1 aliphatic carbocycles. The Morgan fingerprint density at radius 1 is 0.827 bits per heavy atom. The van der Waals surface area contributed by atoms with Crippen LogP contribution in [0.4, 0.5) is 0 Å². The van der Waals surface area contributed by atoms with Crippen LogP contribution < -0.4 is 10.2 Å². The maximum absolute atomic E-state index is 14.6. The zero-order valence-corrected chi connectivity index (χ0v) is 34.7. The molecule has 0 saturated heterocycles. The van der Waals surface area contributed by atoms with Gasteiger partial charge in [0.15, 0.2) is 0 Å². The van der Waals surface area contributed by atoms with Crippen molar-refractivity contribution >= 4 is 33.4 Å². The van der Waals surface area contributed by atoms with Gasteiger partial charge in [-0.15, -0.1) is 0 Å². The van der Waals surface area contributed by atoms with E-state index in [1.165, 1.54) is 26.4 Å². The molecule has 2 unspecified atom stereocenters. The quantitative estimate of drug-likeness (QED) is 0.0608. The van der Waals surface area contributed by atoms with Crippen molar-refractivity contribution in [3.63, 3.8) is 0 Å². The maximum Gasteiger partial charge on any atom is 0.407 e. The van der Waals surface area contributed by atoms with Gasteiger partial charge < -0.3 is 14.2 Å². The molecule has 300 valence electrons. The van der Waals surface area contributed by atoms with Gasteiger partial charge in [0.2, 0.25) is 0 Å². The molecule has 1 aliphatic heterocycles. The number of methoxy groups -OCH3 is 2. The SMILES string of the molecule is COC(=O)[C@H](CC(C)C)NP(=O)(OC(C)C)O[C@@H]1C[C@@H]2[C@H](/C=C/CCC[C@H](C)OC(=O)/C=C/[C@H]2OP(=O)(N[C@@H](CC(C)C)C(=O)OC)OC(C)C)C1. The van der Waals surface area contributed by atoms with Gasteiger partial charge in [-0.1, -0.05) is 39.8 Å². The summed E-state index contributed by atoms with van der Waals surface area (Å²) < 4.78 is 69.0. The molecule has 1 fully saturated rings. The molecule has 16 heteroatoms. The second-order valence-electron chi connectivity index (χ2n) is 15.0. The summed E-state index contributed by atoms with van der Waals surface area (Å²) in [6.07, 6.45) is 7.12. The zero-order chi connectivity index (χ0) is 39.2. The van der Waals surface area contributed by atoms with Crippen molar-refractivity contribution in [2.45, 2.75) is 150 Å². The normalized spacial score (nSPS) is 27.7. The number of ether oxygens (including phenoxy) is 3. The van der Waals surface area contributed by atoms with Crippen molar-refractivity contribution in [3.8, 4) is 0 Å². The van der Waals surface area contributed by atoms with E-state index in [2.05, 4.69) is 10.2 Å². The number of nitrogens with one attached hydrogen (secondary N) is 2. The summed E-state index contributed by atoms with van der Waals surface area (Å²) >= 11 is 0. The summed E-state index contributed by atoms with van der Waals surface area (Å²) in [4.78, 5) is 38.5. The Kier molecular flexibility index (Phi) is 19.4. The third-order valence-corrected chi connectivity index (χ3v) is 12.2. The van der Waals surface area contributed by atoms with E-state index in [1.807, 2.05) is 46.8 Å². The summed E-state index contributed by atoms with van der Waals surface area (Å²) in [7, 11) is -5.88. The lowest BCUT2D eigenvalue weighted by Crippen LogP contribution is -2.39. The molecule has 2 aliphatic rings. The van der Waals surface area contributed by atoms with E-state index in [9.17, 15) is 23.5 Å². The van der Waals surface area contributed by atoms with Crippen molar-refractivity contribution in [1.29, 1.82) is 0 Å². The average Bonchev–Trinajstić information content (AvgIpc) is 3.41. The van der Waals surface area contributed by atoms with Gasteiger partial charge in [0.1, 0.15) is 12.1 Å². The first kappa shape index (κ1) is 46.3. The second-order valence-corrected chi connectivity index (χ2v) is 18.4. The molecular weight excluding hydrogens is 714 g/mol. The molecule has 2 rings (SSSR count). The van der Waals surface area contributed by atoms with Crippen molar-refractivity contribution in [2.24, 2.45) is 23.7 Å². The first-order valence-corrected chi connectivity index (χ1v) is 21.6. The fraction of sp³-hybridized carbons (Fsp3) is 0.806. The molecule has 52 heavy (non-hydrogen) atoms. The number of fused-ring (bicyclic) bond motifs is 1. The minimum absolute atomic E-state index is 0.0324. The summed E-state index contributed by atoms with van der Waals surface area (Å²) in [6.45, 7) is 16.3. The highest BCUT2D eigenvalue weighted by Gasteiger charge is 2.46. The molecular formula is C36H64N2O12P2. The van der Waals surface area contributed by atoms with Crippen LogP contribution in [0.1, 0.15) is 107 Å². The van der Waals surface area contributed by atoms with Crippen LogP contribution in [-0.2, 0) is 55.8 Å². The van der Waals surface area contributed by atoms with E-state index in [0.717, 1.165) is 6.42 Å². The largest absolute Gasteiger partial charge is 0.468 e. The Labute approximate surface area is 311 Å². The molecule has 1 heterocycles. The van der Waals surface area contributed by atoms with Crippen LogP contribution in [0, 0.1) is 23.7 Å². The molecule has 0 amide bonds. The molecule has 1 saturated carbocycles. The van der Waals surface area contributed by atoms with Gasteiger partial charge in [-0.2, -0.15) is 0 Å². The number of hydrogen-bond donors (Lipinski definition) is 2. The van der Waals surface area contributed by atoms with Crippen LogP contribution in [0.2, 0.25) is 0 Å². The molecule has 2 N–H and O–H groups in total. The number of hydrogen-bond acceptors (Lipinski definition) is 12. The molecule has 0 radical (unpaired) electrons. The van der Waals surface area contributed by atoms with Crippen molar-refractivity contribution in [3.05, 3.63) is 24.3 Å². The number of allylic oxidation sites excluding steroid dienone is 2. The van der Waals surface area contributed by atoms with Gasteiger partial charge in [0, 0.05) is 6.08 Å². The number of carbonyl (C=O) groups excluding carboxylic acids is 3. The lowest BCUT2D eigenvalue weighted by molar-refractivity contribution is -0.144. The predicted octanol–water partition coefficient (Wildman–Crippen LogP) is 7.43. The highest BCUT2D eigenvalue weighted by molar-refractivity contribution is 7.52. The van der Waals surface area contributed by atoms with E-state index in [0.29, 0.717) is 32.1 Å². The number of cyclic esters (lactones) is 1. The van der Waals surface area contributed by atoms with Gasteiger partial charge in [0.05, 0.1) is 44.7 Å². The highest BCUT2D eigenvalue weighted by atomic mass is 31.2. The smallest absolute Gasteiger partial charge is 0.407 e. The molecule has 0 bridgehead atoms. The lowest BCUT2D eigenvalue weighted by atomic mass is 9.90. The molecule has 9 atom stereocenters. The molecule has 0 spiro atoms. The summed E-state index contributed by atoms with van der Waals surface area (Å²) in [5.41, 5.74) is 0. The van der Waals surface area contributed by atoms with Crippen molar-refractivity contribution < 1.29 is 55.8 Å². The van der Waals surface area contributed by atoms with Gasteiger partial charge in [-0.25, -0.2) is 24.1 Å². The minimum Gasteiger partial charge on any atom is -0.468 e. The highest BCUT2D eigenvalue weighted by Crippen LogP contribution is 2.54. The summed E-state index contributed by atoms with van der Waals surface area (Å²) in [5.74, 6) is -2.44. The number of esters is 3. The molecule has 0 aromatic rings. The van der Waals surface area contributed by atoms with Gasteiger partial charge in [0.25, 0.3) is 0 Å². The van der Waals surface area contributed by atoms with E-state index in [1.54, 1.807) is 27.7 Å². The van der Waals surface area contributed by atoms with Crippen LogP contribution in [0.3, 0.4) is 0 Å². The predicted molar refractivity (Wildman–Crippen MR) is 198 cm³/mol. The molecule has 14 nitrogen and oxygen atoms in total. The Bertz CT molecular complexity index is 1300. The third-order valence-electron chi connectivity index (χ3n) is 8.41. The lowest BCUT2D eigenvalue weighted by Gasteiger charge is -2.32. The summed E-state index contributed by atoms with van der Waals surface area (Å²) in [5, 5.41) is 5.68. The second kappa shape index (κ2) is 21.9. The Hall–Kier alpha value is -1.89. The fourth-order valence-electron chi connectivity index (χ4n) is 6.35. The first-order chi connectivity index (χ1) is 24.3. The third kappa shape index (κ3) is 16.2. The van der Waals surface area contributed by atoms with E-state index in [4.69, 9.17) is 32.3 Å². The molecule has 0 aromatic heterocycles. The van der Waals surface area contributed by atoms with Crippen LogP contribution in [0.25, 0.3) is 0 Å². The maximum atomic E-state index is 14.6. The minimum atomic E-state index is -4.28. The standard InChI is InChI=1S/C36H64N2O12P2/c1-23(2)19-31(35(40)44-10)37-51(42,47-25(5)6)49-29-21-28-16-14-12-13-15-27(9)46-34(39)18-17-33(30(28)22-29)50-52(43,48-26(7)8)38-32(20-24(3)4)36(41)45-11/h14,16-18,23-33H,12-13,15,19-22H2,1-11H3,(H,37,42)(H,38,43)/b16-14+,18-17+/t27-,28+,29-,30+,31-,32-,33+,51?,52?/m0/s1. The van der Waals surface area contributed by atoms with Crippen LogP contribution >= 0.6 is 15.5 Å².